The number of benzene rings is 1. The summed E-state index contributed by atoms with van der Waals surface area (Å²) in [7, 11) is 1.47. The standard InChI is InChI=1S/C11H10F5N3OS/c1-20-3-2-17-11(21)19-18-4-5-6(12)8(14)10(16)9(15)7(5)13/h4H,2-3H2,1H3,(H2,17,19,21)/b18-4-. The number of hydrazone groups is 1. The summed E-state index contributed by atoms with van der Waals surface area (Å²) in [6.45, 7) is 0.698. The first kappa shape index (κ1) is 17.2. The predicted molar refractivity (Wildman–Crippen MR) is 69.4 cm³/mol. The first-order valence-corrected chi connectivity index (χ1v) is 5.88. The van der Waals surface area contributed by atoms with E-state index in [9.17, 15) is 22.0 Å². The Kier molecular flexibility index (Phi) is 6.43. The number of rotatable bonds is 5. The monoisotopic (exact) mass is 327 g/mol. The lowest BCUT2D eigenvalue weighted by molar-refractivity contribution is 0.204. The molecule has 1 aromatic rings. The van der Waals surface area contributed by atoms with E-state index in [4.69, 9.17) is 17.0 Å². The molecular weight excluding hydrogens is 317 g/mol. The van der Waals surface area contributed by atoms with Gasteiger partial charge >= 0.3 is 0 Å². The van der Waals surface area contributed by atoms with Crippen molar-refractivity contribution in [2.75, 3.05) is 20.3 Å². The van der Waals surface area contributed by atoms with Crippen molar-refractivity contribution >= 4 is 23.5 Å². The van der Waals surface area contributed by atoms with Crippen molar-refractivity contribution in [1.29, 1.82) is 0 Å². The summed E-state index contributed by atoms with van der Waals surface area (Å²) < 4.78 is 69.9. The van der Waals surface area contributed by atoms with E-state index in [2.05, 4.69) is 15.8 Å². The van der Waals surface area contributed by atoms with Crippen LogP contribution in [0.25, 0.3) is 0 Å². The van der Waals surface area contributed by atoms with Crippen LogP contribution >= 0.6 is 12.2 Å². The van der Waals surface area contributed by atoms with Gasteiger partial charge in [0.25, 0.3) is 0 Å². The number of thiocarbonyl (C=S) groups is 1. The number of halogens is 5. The van der Waals surface area contributed by atoms with Crippen LogP contribution in [0.15, 0.2) is 5.10 Å². The van der Waals surface area contributed by atoms with Gasteiger partial charge in [0.05, 0.1) is 18.4 Å². The topological polar surface area (TPSA) is 45.6 Å². The van der Waals surface area contributed by atoms with E-state index < -0.39 is 34.6 Å². The van der Waals surface area contributed by atoms with Gasteiger partial charge in [-0.15, -0.1) is 0 Å². The molecule has 0 aliphatic heterocycles. The lowest BCUT2D eigenvalue weighted by Crippen LogP contribution is -2.34. The molecule has 0 radical (unpaired) electrons. The highest BCUT2D eigenvalue weighted by Crippen LogP contribution is 2.21. The molecule has 0 amide bonds. The Morgan fingerprint density at radius 2 is 1.62 bits per heavy atom. The lowest BCUT2D eigenvalue weighted by Gasteiger charge is -2.06. The second-order valence-electron chi connectivity index (χ2n) is 3.60. The van der Waals surface area contributed by atoms with Crippen LogP contribution in [0.1, 0.15) is 5.56 Å². The maximum Gasteiger partial charge on any atom is 0.200 e. The van der Waals surface area contributed by atoms with Crippen LogP contribution in [-0.2, 0) is 4.74 Å². The quantitative estimate of drug-likeness (QED) is 0.165. The molecule has 0 fully saturated rings. The average Bonchev–Trinajstić information content (AvgIpc) is 2.47. The highest BCUT2D eigenvalue weighted by atomic mass is 32.1. The molecule has 0 unspecified atom stereocenters. The van der Waals surface area contributed by atoms with Crippen LogP contribution in [0.5, 0.6) is 0 Å². The molecule has 2 N–H and O–H groups in total. The first-order valence-electron chi connectivity index (χ1n) is 5.47. The fourth-order valence-electron chi connectivity index (χ4n) is 1.20. The number of nitrogens with one attached hydrogen (secondary N) is 2. The molecule has 0 atom stereocenters. The number of methoxy groups -OCH3 is 1. The summed E-state index contributed by atoms with van der Waals surface area (Å²) >= 11 is 4.73. The van der Waals surface area contributed by atoms with E-state index in [1.807, 2.05) is 0 Å². The molecule has 0 saturated heterocycles. The molecule has 0 aliphatic rings. The van der Waals surface area contributed by atoms with Crippen LogP contribution in [0.3, 0.4) is 0 Å². The minimum atomic E-state index is -2.23. The summed E-state index contributed by atoms with van der Waals surface area (Å²) in [6.07, 6.45) is 0.445. The van der Waals surface area contributed by atoms with Gasteiger partial charge in [-0.05, 0) is 12.2 Å². The van der Waals surface area contributed by atoms with Gasteiger partial charge in [0.2, 0.25) is 5.82 Å². The highest BCUT2D eigenvalue weighted by molar-refractivity contribution is 7.80. The zero-order valence-electron chi connectivity index (χ0n) is 10.6. The smallest absolute Gasteiger partial charge is 0.200 e. The van der Waals surface area contributed by atoms with Crippen molar-refractivity contribution < 1.29 is 26.7 Å². The fraction of sp³-hybridized carbons (Fsp3) is 0.273. The van der Waals surface area contributed by atoms with Crippen LogP contribution in [0, 0.1) is 29.1 Å². The number of hydrogen-bond acceptors (Lipinski definition) is 3. The second kappa shape index (κ2) is 7.84. The van der Waals surface area contributed by atoms with Gasteiger partial charge < -0.3 is 10.1 Å². The normalized spacial score (nSPS) is 11.0. The zero-order chi connectivity index (χ0) is 16.0. The van der Waals surface area contributed by atoms with Crippen molar-refractivity contribution in [2.24, 2.45) is 5.10 Å². The Morgan fingerprint density at radius 1 is 1.10 bits per heavy atom. The molecule has 0 spiro atoms. The van der Waals surface area contributed by atoms with E-state index in [1.54, 1.807) is 0 Å². The SMILES string of the molecule is COCCNC(=S)N/N=C\c1c(F)c(F)c(F)c(F)c1F. The van der Waals surface area contributed by atoms with Gasteiger partial charge in [0.15, 0.2) is 28.4 Å². The van der Waals surface area contributed by atoms with Crippen molar-refractivity contribution in [2.45, 2.75) is 0 Å². The van der Waals surface area contributed by atoms with Gasteiger partial charge in [-0.25, -0.2) is 22.0 Å². The fourth-order valence-corrected chi connectivity index (χ4v) is 1.35. The Hall–Kier alpha value is -1.81. The maximum absolute atomic E-state index is 13.3. The minimum Gasteiger partial charge on any atom is -0.383 e. The van der Waals surface area contributed by atoms with Crippen LogP contribution in [0.4, 0.5) is 22.0 Å². The molecule has 4 nitrogen and oxygen atoms in total. The summed E-state index contributed by atoms with van der Waals surface area (Å²) in [4.78, 5) is 0. The average molecular weight is 327 g/mol. The van der Waals surface area contributed by atoms with Gasteiger partial charge in [0, 0.05) is 13.7 Å². The summed E-state index contributed by atoms with van der Waals surface area (Å²) in [5.74, 6) is -10.3. The van der Waals surface area contributed by atoms with Crippen molar-refractivity contribution in [1.82, 2.24) is 10.7 Å². The second-order valence-corrected chi connectivity index (χ2v) is 4.01. The van der Waals surface area contributed by atoms with E-state index in [0.717, 1.165) is 0 Å². The Morgan fingerprint density at radius 3 is 2.14 bits per heavy atom. The number of nitrogens with zero attached hydrogens (tertiary/aromatic N) is 1. The molecule has 0 heterocycles. The van der Waals surface area contributed by atoms with E-state index in [-0.39, 0.29) is 5.11 Å². The van der Waals surface area contributed by atoms with Crippen molar-refractivity contribution in [3.63, 3.8) is 0 Å². The highest BCUT2D eigenvalue weighted by Gasteiger charge is 2.24. The minimum absolute atomic E-state index is 0.00725. The van der Waals surface area contributed by atoms with Gasteiger partial charge in [0.1, 0.15) is 0 Å². The molecule has 10 heteroatoms. The van der Waals surface area contributed by atoms with Gasteiger partial charge in [-0.3, -0.25) is 5.43 Å². The molecule has 1 aromatic carbocycles. The molecule has 0 saturated carbocycles. The predicted octanol–water partition coefficient (Wildman–Crippen LogP) is 1.83. The molecule has 1 rings (SSSR count). The zero-order valence-corrected chi connectivity index (χ0v) is 11.5. The van der Waals surface area contributed by atoms with Gasteiger partial charge in [-0.2, -0.15) is 5.10 Å². The Bertz CT molecular complexity index is 538. The summed E-state index contributed by atoms with van der Waals surface area (Å²) in [5, 5.41) is 5.91. The van der Waals surface area contributed by atoms with Gasteiger partial charge in [-0.1, -0.05) is 0 Å². The molecule has 116 valence electrons. The number of ether oxygens (including phenoxy) is 1. The molecule has 21 heavy (non-hydrogen) atoms. The molecular formula is C11H10F5N3OS. The third-order valence-corrected chi connectivity index (χ3v) is 2.43. The first-order chi connectivity index (χ1) is 9.90. The van der Waals surface area contributed by atoms with E-state index in [1.165, 1.54) is 7.11 Å². The summed E-state index contributed by atoms with van der Waals surface area (Å²) in [6, 6.07) is 0. The lowest BCUT2D eigenvalue weighted by atomic mass is 10.2. The Labute approximate surface area is 122 Å². The van der Waals surface area contributed by atoms with Crippen LogP contribution in [-0.4, -0.2) is 31.6 Å². The van der Waals surface area contributed by atoms with E-state index in [0.29, 0.717) is 19.4 Å². The third kappa shape index (κ3) is 4.33. The third-order valence-electron chi connectivity index (χ3n) is 2.20. The number of hydrogen-bond donors (Lipinski definition) is 2. The molecule has 0 aliphatic carbocycles. The molecule has 0 aromatic heterocycles. The van der Waals surface area contributed by atoms with Crippen molar-refractivity contribution in [3.05, 3.63) is 34.6 Å². The largest absolute Gasteiger partial charge is 0.383 e. The maximum atomic E-state index is 13.3. The summed E-state index contributed by atoms with van der Waals surface area (Å²) in [5.41, 5.74) is 0.992. The Balaban J connectivity index is 2.80. The van der Waals surface area contributed by atoms with Crippen molar-refractivity contribution in [3.8, 4) is 0 Å². The van der Waals surface area contributed by atoms with Crippen LogP contribution < -0.4 is 10.7 Å². The molecule has 0 bridgehead atoms. The van der Waals surface area contributed by atoms with Crippen LogP contribution in [0.2, 0.25) is 0 Å². The van der Waals surface area contributed by atoms with E-state index >= 15 is 0 Å².